The van der Waals surface area contributed by atoms with E-state index in [9.17, 15) is 9.18 Å². The van der Waals surface area contributed by atoms with E-state index in [1.807, 2.05) is 30.3 Å². The molecule has 5 nitrogen and oxygen atoms in total. The van der Waals surface area contributed by atoms with E-state index in [0.29, 0.717) is 25.0 Å². The third kappa shape index (κ3) is 3.26. The number of hydrogen-bond acceptors (Lipinski definition) is 4. The SMILES string of the molecule is O=Cc1nnn(-c2ccccc2F)c1CCOc1ccccc1. The third-order valence-corrected chi connectivity index (χ3v) is 3.34. The van der Waals surface area contributed by atoms with Crippen LogP contribution in [0.25, 0.3) is 5.69 Å². The van der Waals surface area contributed by atoms with Crippen LogP contribution in [-0.4, -0.2) is 27.9 Å². The number of aldehydes is 1. The van der Waals surface area contributed by atoms with Crippen molar-refractivity contribution in [3.05, 3.63) is 71.8 Å². The van der Waals surface area contributed by atoms with E-state index in [-0.39, 0.29) is 11.4 Å². The van der Waals surface area contributed by atoms with Gasteiger partial charge in [-0.15, -0.1) is 5.10 Å². The fraction of sp³-hybridized carbons (Fsp3) is 0.118. The molecule has 0 radical (unpaired) electrons. The van der Waals surface area contributed by atoms with Crippen molar-refractivity contribution in [1.82, 2.24) is 15.0 Å². The highest BCUT2D eigenvalue weighted by molar-refractivity contribution is 5.73. The summed E-state index contributed by atoms with van der Waals surface area (Å²) in [5, 5.41) is 7.68. The van der Waals surface area contributed by atoms with Crippen LogP contribution in [0.15, 0.2) is 54.6 Å². The van der Waals surface area contributed by atoms with Gasteiger partial charge in [-0.1, -0.05) is 35.5 Å². The second-order valence-corrected chi connectivity index (χ2v) is 4.81. The zero-order chi connectivity index (χ0) is 16.1. The monoisotopic (exact) mass is 311 g/mol. The van der Waals surface area contributed by atoms with Gasteiger partial charge in [0.1, 0.15) is 22.9 Å². The Bertz CT molecular complexity index is 803. The Morgan fingerprint density at radius 3 is 2.57 bits per heavy atom. The van der Waals surface area contributed by atoms with Crippen molar-refractivity contribution in [1.29, 1.82) is 0 Å². The molecule has 0 saturated heterocycles. The Labute approximate surface area is 132 Å². The lowest BCUT2D eigenvalue weighted by molar-refractivity contribution is 0.111. The van der Waals surface area contributed by atoms with Crippen molar-refractivity contribution in [2.24, 2.45) is 0 Å². The molecule has 0 atom stereocenters. The highest BCUT2D eigenvalue weighted by atomic mass is 19.1. The molecular formula is C17H14FN3O2. The molecule has 0 amide bonds. The van der Waals surface area contributed by atoms with Gasteiger partial charge in [-0.3, -0.25) is 4.79 Å². The number of ether oxygens (including phenoxy) is 1. The van der Waals surface area contributed by atoms with Gasteiger partial charge in [0.15, 0.2) is 6.29 Å². The lowest BCUT2D eigenvalue weighted by Crippen LogP contribution is -2.10. The van der Waals surface area contributed by atoms with Crippen LogP contribution in [0.2, 0.25) is 0 Å². The topological polar surface area (TPSA) is 57.0 Å². The number of hydrogen-bond donors (Lipinski definition) is 0. The molecule has 23 heavy (non-hydrogen) atoms. The molecule has 3 rings (SSSR count). The summed E-state index contributed by atoms with van der Waals surface area (Å²) in [7, 11) is 0. The van der Waals surface area contributed by atoms with E-state index >= 15 is 0 Å². The first-order valence-corrected chi connectivity index (χ1v) is 7.12. The maximum absolute atomic E-state index is 13.9. The third-order valence-electron chi connectivity index (χ3n) is 3.34. The second-order valence-electron chi connectivity index (χ2n) is 4.81. The summed E-state index contributed by atoms with van der Waals surface area (Å²) in [4.78, 5) is 11.1. The van der Waals surface area contributed by atoms with E-state index < -0.39 is 5.82 Å². The first-order chi connectivity index (χ1) is 11.3. The Balaban J connectivity index is 1.82. The highest BCUT2D eigenvalue weighted by Gasteiger charge is 2.16. The Morgan fingerprint density at radius 1 is 1.09 bits per heavy atom. The first-order valence-electron chi connectivity index (χ1n) is 7.12. The minimum absolute atomic E-state index is 0.185. The summed E-state index contributed by atoms with van der Waals surface area (Å²) in [5.74, 6) is 0.296. The Kier molecular flexibility index (Phi) is 4.42. The van der Waals surface area contributed by atoms with Crippen LogP contribution in [-0.2, 0) is 6.42 Å². The predicted octanol–water partition coefficient (Wildman–Crippen LogP) is 2.84. The van der Waals surface area contributed by atoms with Crippen LogP contribution in [0.1, 0.15) is 16.2 Å². The Morgan fingerprint density at radius 2 is 1.83 bits per heavy atom. The molecular weight excluding hydrogens is 297 g/mol. The van der Waals surface area contributed by atoms with Crippen LogP contribution in [0.4, 0.5) is 4.39 Å². The number of nitrogens with zero attached hydrogens (tertiary/aromatic N) is 3. The van der Waals surface area contributed by atoms with Crippen molar-refractivity contribution in [2.75, 3.05) is 6.61 Å². The lowest BCUT2D eigenvalue weighted by Gasteiger charge is -2.09. The quantitative estimate of drug-likeness (QED) is 0.657. The van der Waals surface area contributed by atoms with Crippen LogP contribution in [0, 0.1) is 5.82 Å². The fourth-order valence-corrected chi connectivity index (χ4v) is 2.24. The molecule has 1 heterocycles. The standard InChI is InChI=1S/C17H14FN3O2/c18-14-8-4-5-9-16(14)21-17(15(12-22)19-20-21)10-11-23-13-6-2-1-3-7-13/h1-9,12H,10-11H2. The van der Waals surface area contributed by atoms with Crippen molar-refractivity contribution < 1.29 is 13.9 Å². The number of para-hydroxylation sites is 2. The maximum Gasteiger partial charge on any atom is 0.172 e. The smallest absolute Gasteiger partial charge is 0.172 e. The van der Waals surface area contributed by atoms with Crippen molar-refractivity contribution in [2.45, 2.75) is 6.42 Å². The number of aromatic nitrogens is 3. The van der Waals surface area contributed by atoms with Crippen LogP contribution in [0.3, 0.4) is 0 Å². The summed E-state index contributed by atoms with van der Waals surface area (Å²) in [5.41, 5.74) is 0.953. The highest BCUT2D eigenvalue weighted by Crippen LogP contribution is 2.17. The molecule has 0 aliphatic carbocycles. The minimum Gasteiger partial charge on any atom is -0.493 e. The van der Waals surface area contributed by atoms with Crippen molar-refractivity contribution in [3.63, 3.8) is 0 Å². The zero-order valence-electron chi connectivity index (χ0n) is 12.2. The largest absolute Gasteiger partial charge is 0.493 e. The van der Waals surface area contributed by atoms with Gasteiger partial charge in [-0.2, -0.15) is 0 Å². The molecule has 1 aromatic heterocycles. The number of carbonyl (C=O) groups excluding carboxylic acids is 1. The average molecular weight is 311 g/mol. The fourth-order valence-electron chi connectivity index (χ4n) is 2.24. The molecule has 0 aliphatic rings. The molecule has 0 aliphatic heterocycles. The molecule has 2 aromatic carbocycles. The lowest BCUT2D eigenvalue weighted by atomic mass is 10.2. The average Bonchev–Trinajstić information content (AvgIpc) is 2.99. The number of carbonyl (C=O) groups is 1. The number of rotatable bonds is 6. The molecule has 0 spiro atoms. The molecule has 0 unspecified atom stereocenters. The minimum atomic E-state index is -0.430. The molecule has 3 aromatic rings. The van der Waals surface area contributed by atoms with Crippen LogP contribution in [0.5, 0.6) is 5.75 Å². The molecule has 116 valence electrons. The molecule has 0 saturated carbocycles. The van der Waals surface area contributed by atoms with Crippen LogP contribution < -0.4 is 4.74 Å². The van der Waals surface area contributed by atoms with Crippen LogP contribution >= 0.6 is 0 Å². The molecule has 0 fully saturated rings. The Hall–Kier alpha value is -3.02. The van der Waals surface area contributed by atoms with Gasteiger partial charge in [-0.05, 0) is 24.3 Å². The summed E-state index contributed by atoms with van der Waals surface area (Å²) < 4.78 is 20.9. The van der Waals surface area contributed by atoms with Gasteiger partial charge in [-0.25, -0.2) is 9.07 Å². The van der Waals surface area contributed by atoms with Gasteiger partial charge >= 0.3 is 0 Å². The zero-order valence-corrected chi connectivity index (χ0v) is 12.2. The number of halogens is 1. The van der Waals surface area contributed by atoms with Gasteiger partial charge in [0.05, 0.1) is 12.3 Å². The summed E-state index contributed by atoms with van der Waals surface area (Å²) in [6, 6.07) is 15.5. The number of benzene rings is 2. The second kappa shape index (κ2) is 6.83. The van der Waals surface area contributed by atoms with Gasteiger partial charge in [0.2, 0.25) is 0 Å². The molecule has 0 bridgehead atoms. The maximum atomic E-state index is 13.9. The predicted molar refractivity (Wildman–Crippen MR) is 82.3 cm³/mol. The van der Waals surface area contributed by atoms with Crippen molar-refractivity contribution in [3.8, 4) is 11.4 Å². The normalized spacial score (nSPS) is 10.5. The van der Waals surface area contributed by atoms with Gasteiger partial charge in [0.25, 0.3) is 0 Å². The first kappa shape index (κ1) is 14.9. The summed E-state index contributed by atoms with van der Waals surface area (Å²) in [6.45, 7) is 0.326. The van der Waals surface area contributed by atoms with E-state index in [4.69, 9.17) is 4.74 Å². The summed E-state index contributed by atoms with van der Waals surface area (Å²) in [6.07, 6.45) is 0.993. The van der Waals surface area contributed by atoms with E-state index in [2.05, 4.69) is 10.3 Å². The molecule has 0 N–H and O–H groups in total. The van der Waals surface area contributed by atoms with Crippen molar-refractivity contribution >= 4 is 6.29 Å². The van der Waals surface area contributed by atoms with Gasteiger partial charge < -0.3 is 4.74 Å². The molecule has 6 heteroatoms. The van der Waals surface area contributed by atoms with Gasteiger partial charge in [0, 0.05) is 6.42 Å². The summed E-state index contributed by atoms with van der Waals surface area (Å²) >= 11 is 0. The van der Waals surface area contributed by atoms with E-state index in [0.717, 1.165) is 5.75 Å². The van der Waals surface area contributed by atoms with E-state index in [1.165, 1.54) is 10.7 Å². The van der Waals surface area contributed by atoms with E-state index in [1.54, 1.807) is 18.2 Å².